The quantitative estimate of drug-likeness (QED) is 0.823. The lowest BCUT2D eigenvalue weighted by molar-refractivity contribution is -0.138. The Bertz CT molecular complexity index is 899. The predicted molar refractivity (Wildman–Crippen MR) is 98.5 cm³/mol. The number of nitrogens with zero attached hydrogens (tertiary/aromatic N) is 2. The average Bonchev–Trinajstić information content (AvgIpc) is 3.19. The fourth-order valence-electron chi connectivity index (χ4n) is 4.77. The van der Waals surface area contributed by atoms with Crippen LogP contribution in [-0.4, -0.2) is 29.1 Å². The number of carbonyl (C=O) groups is 1. The van der Waals surface area contributed by atoms with Gasteiger partial charge in [0.15, 0.2) is 5.69 Å². The van der Waals surface area contributed by atoms with Crippen LogP contribution < -0.4 is 4.90 Å². The van der Waals surface area contributed by atoms with Crippen LogP contribution in [0.5, 0.6) is 0 Å². The number of rotatable bonds is 3. The lowest BCUT2D eigenvalue weighted by Crippen LogP contribution is -2.23. The smallest absolute Gasteiger partial charge is 0.416 e. The Kier molecular flexibility index (Phi) is 4.56. The fourth-order valence-corrected chi connectivity index (χ4v) is 4.77. The first-order chi connectivity index (χ1) is 13.2. The minimum atomic E-state index is -4.33. The van der Waals surface area contributed by atoms with Crippen LogP contribution in [0.25, 0.3) is 0 Å². The number of halogens is 3. The van der Waals surface area contributed by atoms with Gasteiger partial charge in [-0.25, -0.2) is 9.78 Å². The maximum Gasteiger partial charge on any atom is 0.416 e. The number of hydrogen-bond acceptors (Lipinski definition) is 3. The summed E-state index contributed by atoms with van der Waals surface area (Å²) in [5.41, 5.74) is 0.724. The Hall–Kier alpha value is -2.57. The molecule has 4 rings (SSSR count). The van der Waals surface area contributed by atoms with Crippen molar-refractivity contribution in [1.82, 2.24) is 4.98 Å². The van der Waals surface area contributed by atoms with E-state index in [2.05, 4.69) is 9.88 Å². The zero-order valence-corrected chi connectivity index (χ0v) is 15.4. The average molecular weight is 390 g/mol. The SMILES string of the molecule is Cc1cc(C(=O)O)nc(N2C[C@H]3C[C@H](c4ccccc4C(F)(F)F)C[C@H]3C2)c1. The molecule has 0 spiro atoms. The van der Waals surface area contributed by atoms with Crippen LogP contribution in [0.4, 0.5) is 19.0 Å². The largest absolute Gasteiger partial charge is 0.477 e. The number of aromatic nitrogens is 1. The molecule has 7 heteroatoms. The molecule has 0 bridgehead atoms. The van der Waals surface area contributed by atoms with Gasteiger partial charge in [-0.2, -0.15) is 13.2 Å². The third-order valence-corrected chi connectivity index (χ3v) is 5.96. The number of anilines is 1. The van der Waals surface area contributed by atoms with Crippen molar-refractivity contribution in [2.45, 2.75) is 31.9 Å². The Morgan fingerprint density at radius 1 is 1.14 bits per heavy atom. The van der Waals surface area contributed by atoms with Crippen molar-refractivity contribution in [3.05, 3.63) is 58.8 Å². The lowest BCUT2D eigenvalue weighted by Gasteiger charge is -2.22. The summed E-state index contributed by atoms with van der Waals surface area (Å²) in [5, 5.41) is 9.22. The van der Waals surface area contributed by atoms with Crippen molar-refractivity contribution in [3.8, 4) is 0 Å². The molecule has 2 heterocycles. The molecule has 1 aliphatic heterocycles. The normalized spacial score (nSPS) is 24.4. The van der Waals surface area contributed by atoms with Crippen LogP contribution in [0.1, 0.15) is 45.9 Å². The zero-order valence-electron chi connectivity index (χ0n) is 15.4. The van der Waals surface area contributed by atoms with E-state index in [1.165, 1.54) is 18.2 Å². The van der Waals surface area contributed by atoms with Gasteiger partial charge in [0.25, 0.3) is 0 Å². The van der Waals surface area contributed by atoms with E-state index in [0.29, 0.717) is 49.1 Å². The molecule has 1 aromatic carbocycles. The highest BCUT2D eigenvalue weighted by Crippen LogP contribution is 2.49. The molecular formula is C21H21F3N2O2. The third kappa shape index (κ3) is 3.45. The van der Waals surface area contributed by atoms with Crippen LogP contribution >= 0.6 is 0 Å². The summed E-state index contributed by atoms with van der Waals surface area (Å²) >= 11 is 0. The van der Waals surface area contributed by atoms with E-state index in [0.717, 1.165) is 5.56 Å². The Morgan fingerprint density at radius 2 is 1.79 bits per heavy atom. The molecule has 2 fully saturated rings. The van der Waals surface area contributed by atoms with E-state index < -0.39 is 17.7 Å². The molecule has 1 N–H and O–H groups in total. The number of fused-ring (bicyclic) bond motifs is 1. The van der Waals surface area contributed by atoms with E-state index in [9.17, 15) is 23.1 Å². The van der Waals surface area contributed by atoms with Crippen molar-refractivity contribution < 1.29 is 23.1 Å². The third-order valence-electron chi connectivity index (χ3n) is 5.96. The maximum absolute atomic E-state index is 13.4. The zero-order chi connectivity index (χ0) is 20.1. The molecule has 0 amide bonds. The second kappa shape index (κ2) is 6.79. The number of alkyl halides is 3. The molecule has 4 nitrogen and oxygen atoms in total. The van der Waals surface area contributed by atoms with Gasteiger partial charge in [-0.3, -0.25) is 0 Å². The van der Waals surface area contributed by atoms with Gasteiger partial charge >= 0.3 is 12.1 Å². The molecule has 148 valence electrons. The highest BCUT2D eigenvalue weighted by Gasteiger charge is 2.44. The van der Waals surface area contributed by atoms with E-state index in [1.54, 1.807) is 12.1 Å². The molecule has 1 aromatic heterocycles. The molecular weight excluding hydrogens is 369 g/mol. The first-order valence-corrected chi connectivity index (χ1v) is 9.35. The molecule has 1 aliphatic carbocycles. The number of pyridine rings is 1. The summed E-state index contributed by atoms with van der Waals surface area (Å²) in [5.74, 6) is 0.0750. The second-order valence-corrected chi connectivity index (χ2v) is 7.87. The van der Waals surface area contributed by atoms with Crippen LogP contribution in [0.15, 0.2) is 36.4 Å². The Labute approximate surface area is 161 Å². The highest BCUT2D eigenvalue weighted by molar-refractivity contribution is 5.86. The summed E-state index contributed by atoms with van der Waals surface area (Å²) in [6.45, 7) is 3.23. The summed E-state index contributed by atoms with van der Waals surface area (Å²) < 4.78 is 40.1. The molecule has 2 aromatic rings. The predicted octanol–water partition coefficient (Wildman–Crippen LogP) is 4.74. The van der Waals surface area contributed by atoms with Gasteiger partial charge in [-0.05, 0) is 66.8 Å². The lowest BCUT2D eigenvalue weighted by atomic mass is 9.91. The minimum Gasteiger partial charge on any atom is -0.477 e. The molecule has 0 radical (unpaired) electrons. The molecule has 3 atom stereocenters. The number of aromatic carboxylic acids is 1. The van der Waals surface area contributed by atoms with E-state index in [1.807, 2.05) is 13.0 Å². The molecule has 28 heavy (non-hydrogen) atoms. The van der Waals surface area contributed by atoms with E-state index in [-0.39, 0.29) is 11.6 Å². The molecule has 2 aliphatic rings. The maximum atomic E-state index is 13.4. The van der Waals surface area contributed by atoms with Gasteiger partial charge in [0.05, 0.1) is 5.56 Å². The minimum absolute atomic E-state index is 0.0176. The van der Waals surface area contributed by atoms with Crippen molar-refractivity contribution in [3.63, 3.8) is 0 Å². The topological polar surface area (TPSA) is 53.4 Å². The summed E-state index contributed by atoms with van der Waals surface area (Å²) in [6, 6.07) is 9.28. The van der Waals surface area contributed by atoms with Gasteiger partial charge < -0.3 is 10.0 Å². The van der Waals surface area contributed by atoms with Gasteiger partial charge in [0.1, 0.15) is 5.82 Å². The standard InChI is InChI=1S/C21H21F3N2O2/c1-12-6-18(20(27)28)25-19(7-12)26-10-14-8-13(9-15(14)11-26)16-4-2-3-5-17(16)21(22,23)24/h2-7,13-15H,8-11H2,1H3,(H,27,28)/t13-,14+,15-. The van der Waals surface area contributed by atoms with E-state index >= 15 is 0 Å². The fraction of sp³-hybridized carbons (Fsp3) is 0.429. The molecule has 0 unspecified atom stereocenters. The summed E-state index contributed by atoms with van der Waals surface area (Å²) in [4.78, 5) is 17.6. The van der Waals surface area contributed by atoms with Gasteiger partial charge in [0, 0.05) is 13.1 Å². The van der Waals surface area contributed by atoms with Crippen LogP contribution in [0.3, 0.4) is 0 Å². The molecule has 1 saturated heterocycles. The van der Waals surface area contributed by atoms with Gasteiger partial charge in [-0.1, -0.05) is 18.2 Å². The van der Waals surface area contributed by atoms with Crippen molar-refractivity contribution in [2.24, 2.45) is 11.8 Å². The summed E-state index contributed by atoms with van der Waals surface area (Å²) in [7, 11) is 0. The molecule has 1 saturated carbocycles. The number of carboxylic acids is 1. The highest BCUT2D eigenvalue weighted by atomic mass is 19.4. The van der Waals surface area contributed by atoms with Crippen molar-refractivity contribution in [2.75, 3.05) is 18.0 Å². The Morgan fingerprint density at radius 3 is 2.39 bits per heavy atom. The van der Waals surface area contributed by atoms with E-state index in [4.69, 9.17) is 0 Å². The first-order valence-electron chi connectivity index (χ1n) is 9.35. The van der Waals surface area contributed by atoms with Crippen molar-refractivity contribution >= 4 is 11.8 Å². The first kappa shape index (κ1) is 18.8. The summed E-state index contributed by atoms with van der Waals surface area (Å²) in [6.07, 6.45) is -2.91. The van der Waals surface area contributed by atoms with Crippen LogP contribution in [0.2, 0.25) is 0 Å². The second-order valence-electron chi connectivity index (χ2n) is 7.87. The monoisotopic (exact) mass is 390 g/mol. The Balaban J connectivity index is 1.51. The number of benzene rings is 1. The number of aryl methyl sites for hydroxylation is 1. The van der Waals surface area contributed by atoms with Crippen LogP contribution in [0, 0.1) is 18.8 Å². The van der Waals surface area contributed by atoms with Gasteiger partial charge in [-0.15, -0.1) is 0 Å². The number of hydrogen-bond donors (Lipinski definition) is 1. The van der Waals surface area contributed by atoms with Gasteiger partial charge in [0.2, 0.25) is 0 Å². The number of carboxylic acid groups (broad SMARTS) is 1. The van der Waals surface area contributed by atoms with Crippen molar-refractivity contribution in [1.29, 1.82) is 0 Å². The van der Waals surface area contributed by atoms with Crippen LogP contribution in [-0.2, 0) is 6.18 Å².